The minimum atomic E-state index is -4.68. The topological polar surface area (TPSA) is 104 Å². The van der Waals surface area contributed by atoms with Gasteiger partial charge in [0.1, 0.15) is 17.3 Å². The molecule has 9 nitrogen and oxygen atoms in total. The lowest BCUT2D eigenvalue weighted by Crippen LogP contribution is -2.54. The third kappa shape index (κ3) is 5.30. The Bertz CT molecular complexity index is 1810. The monoisotopic (exact) mass is 596 g/mol. The number of alkyl halides is 3. The largest absolute Gasteiger partial charge is 0.507 e. The number of phenols is 1. The van der Waals surface area contributed by atoms with Crippen LogP contribution in [0.4, 0.5) is 23.4 Å². The predicted molar refractivity (Wildman–Crippen MR) is 153 cm³/mol. The summed E-state index contributed by atoms with van der Waals surface area (Å²) in [6.45, 7) is 8.54. The Morgan fingerprint density at radius 2 is 1.91 bits per heavy atom. The number of nitrogens with zero attached hydrogens (tertiary/aromatic N) is 6. The molecule has 4 heterocycles. The van der Waals surface area contributed by atoms with Crippen LogP contribution < -0.4 is 10.6 Å². The number of rotatable bonds is 5. The number of aromatic nitrogens is 4. The summed E-state index contributed by atoms with van der Waals surface area (Å²) in [5.74, 6) is -3.38. The fourth-order valence-electron chi connectivity index (χ4n) is 5.32. The van der Waals surface area contributed by atoms with Gasteiger partial charge in [-0.2, -0.15) is 18.2 Å². The summed E-state index contributed by atoms with van der Waals surface area (Å²) < 4.78 is 58.5. The molecular formula is C30H28F4N6O3. The Labute approximate surface area is 243 Å². The number of fused-ring (bicyclic) bond motifs is 1. The number of pyridine rings is 2. The maximum absolute atomic E-state index is 15.8. The van der Waals surface area contributed by atoms with Gasteiger partial charge in [-0.3, -0.25) is 9.78 Å². The van der Waals surface area contributed by atoms with E-state index in [-0.39, 0.29) is 71.1 Å². The predicted octanol–water partition coefficient (Wildman–Crippen LogP) is 4.88. The summed E-state index contributed by atoms with van der Waals surface area (Å²) in [5.41, 5.74) is -1.71. The van der Waals surface area contributed by atoms with Crippen LogP contribution in [0.25, 0.3) is 28.0 Å². The van der Waals surface area contributed by atoms with Gasteiger partial charge in [0.2, 0.25) is 5.91 Å². The SMILES string of the molecule is C=CC(=O)N1CCN(c2nc(=O)n(-c3c(C)ccnc3C(C)C(F)(F)F)c3nc(-c4ccccc4O)c(F)cc23)[C@@H](C)C1. The van der Waals surface area contributed by atoms with Gasteiger partial charge in [-0.05, 0) is 56.7 Å². The first-order valence-corrected chi connectivity index (χ1v) is 13.5. The van der Waals surface area contributed by atoms with Crippen LogP contribution in [0.15, 0.2) is 60.0 Å². The quantitative estimate of drug-likeness (QED) is 0.259. The first-order valence-electron chi connectivity index (χ1n) is 13.5. The molecule has 1 aliphatic rings. The molecule has 2 atom stereocenters. The second-order valence-electron chi connectivity index (χ2n) is 10.4. The van der Waals surface area contributed by atoms with Crippen LogP contribution in [0.3, 0.4) is 0 Å². The standard InChI is InChI=1S/C30H28F4N6O3/c1-5-23(42)38-12-13-39(17(3)15-38)27-20-14-21(31)25(19-8-6-7-9-22(19)41)36-28(20)40(29(43)37-27)26-16(2)10-11-35-24(26)18(4)30(32,33)34/h5-11,14,17-18,41H,1,12-13,15H2,2-4H3/t17-,18?/m0/s1. The number of piperazine rings is 1. The minimum Gasteiger partial charge on any atom is -0.507 e. The average molecular weight is 597 g/mol. The molecule has 1 aliphatic heterocycles. The van der Waals surface area contributed by atoms with E-state index in [9.17, 15) is 27.9 Å². The van der Waals surface area contributed by atoms with Gasteiger partial charge >= 0.3 is 11.9 Å². The van der Waals surface area contributed by atoms with Gasteiger partial charge in [-0.25, -0.2) is 18.7 Å². The molecule has 1 N–H and O–H groups in total. The lowest BCUT2D eigenvalue weighted by Gasteiger charge is -2.40. The van der Waals surface area contributed by atoms with Gasteiger partial charge in [-0.15, -0.1) is 0 Å². The number of benzene rings is 1. The summed E-state index contributed by atoms with van der Waals surface area (Å²) >= 11 is 0. The van der Waals surface area contributed by atoms with Crippen molar-refractivity contribution in [2.45, 2.75) is 38.9 Å². The molecule has 1 unspecified atom stereocenters. The first kappa shape index (κ1) is 29.7. The molecule has 13 heteroatoms. The highest BCUT2D eigenvalue weighted by Crippen LogP contribution is 2.39. The number of amides is 1. The minimum absolute atomic E-state index is 0.0240. The van der Waals surface area contributed by atoms with Crippen LogP contribution in [-0.4, -0.2) is 67.3 Å². The molecule has 43 heavy (non-hydrogen) atoms. The van der Waals surface area contributed by atoms with E-state index >= 15 is 4.39 Å². The van der Waals surface area contributed by atoms with Crippen molar-refractivity contribution in [2.24, 2.45) is 0 Å². The normalized spacial score (nSPS) is 16.4. The molecule has 1 fully saturated rings. The van der Waals surface area contributed by atoms with Crippen LogP contribution in [-0.2, 0) is 4.79 Å². The van der Waals surface area contributed by atoms with Crippen LogP contribution >= 0.6 is 0 Å². The van der Waals surface area contributed by atoms with Gasteiger partial charge < -0.3 is 14.9 Å². The molecule has 0 radical (unpaired) electrons. The fraction of sp³-hybridized carbons (Fsp3) is 0.300. The second kappa shape index (κ2) is 11.1. The lowest BCUT2D eigenvalue weighted by molar-refractivity contribution is -0.147. The number of aryl methyl sites for hydroxylation is 1. The summed E-state index contributed by atoms with van der Waals surface area (Å²) in [6, 6.07) is 8.07. The Morgan fingerprint density at radius 1 is 1.19 bits per heavy atom. The third-order valence-corrected chi connectivity index (χ3v) is 7.63. The van der Waals surface area contributed by atoms with Crippen LogP contribution in [0.1, 0.15) is 31.0 Å². The number of hydrogen-bond donors (Lipinski definition) is 1. The molecule has 0 aliphatic carbocycles. The lowest BCUT2D eigenvalue weighted by atomic mass is 10.0. The van der Waals surface area contributed by atoms with E-state index in [4.69, 9.17) is 0 Å². The zero-order valence-electron chi connectivity index (χ0n) is 23.6. The van der Waals surface area contributed by atoms with Crippen molar-refractivity contribution in [1.82, 2.24) is 24.4 Å². The summed E-state index contributed by atoms with van der Waals surface area (Å²) in [6.07, 6.45) is -2.26. The zero-order chi connectivity index (χ0) is 31.2. The third-order valence-electron chi connectivity index (χ3n) is 7.63. The molecule has 0 saturated carbocycles. The maximum Gasteiger partial charge on any atom is 0.397 e. The molecule has 4 aromatic rings. The molecule has 0 spiro atoms. The van der Waals surface area contributed by atoms with Crippen molar-refractivity contribution in [1.29, 1.82) is 0 Å². The number of halogens is 4. The van der Waals surface area contributed by atoms with E-state index in [0.717, 1.165) is 17.6 Å². The number of carbonyl (C=O) groups excluding carboxylic acids is 1. The fourth-order valence-corrected chi connectivity index (χ4v) is 5.32. The Kier molecular flexibility index (Phi) is 7.67. The van der Waals surface area contributed by atoms with Gasteiger partial charge in [0.25, 0.3) is 0 Å². The van der Waals surface area contributed by atoms with Crippen LogP contribution in [0, 0.1) is 12.7 Å². The summed E-state index contributed by atoms with van der Waals surface area (Å²) in [5, 5.41) is 10.5. The smallest absolute Gasteiger partial charge is 0.397 e. The average Bonchev–Trinajstić information content (AvgIpc) is 2.96. The van der Waals surface area contributed by atoms with Crippen molar-refractivity contribution >= 4 is 22.8 Å². The van der Waals surface area contributed by atoms with Gasteiger partial charge in [-0.1, -0.05) is 18.7 Å². The van der Waals surface area contributed by atoms with E-state index in [2.05, 4.69) is 21.5 Å². The number of hydrogen-bond acceptors (Lipinski definition) is 7. The van der Waals surface area contributed by atoms with Crippen LogP contribution in [0.2, 0.25) is 0 Å². The van der Waals surface area contributed by atoms with Gasteiger partial charge in [0, 0.05) is 37.4 Å². The van der Waals surface area contributed by atoms with Crippen molar-refractivity contribution in [3.63, 3.8) is 0 Å². The van der Waals surface area contributed by atoms with E-state index < -0.39 is 29.3 Å². The Morgan fingerprint density at radius 3 is 2.56 bits per heavy atom. The second-order valence-corrected chi connectivity index (χ2v) is 10.4. The highest BCUT2D eigenvalue weighted by molar-refractivity contribution is 5.91. The zero-order valence-corrected chi connectivity index (χ0v) is 23.6. The Hall–Kier alpha value is -4.81. The van der Waals surface area contributed by atoms with Crippen molar-refractivity contribution in [3.8, 4) is 22.7 Å². The molecule has 1 aromatic carbocycles. The number of para-hydroxylation sites is 1. The molecule has 1 amide bonds. The Balaban J connectivity index is 1.83. The van der Waals surface area contributed by atoms with E-state index in [1.54, 1.807) is 22.8 Å². The number of phenolic OH excluding ortho intramolecular Hbond substituents is 1. The summed E-state index contributed by atoms with van der Waals surface area (Å²) in [7, 11) is 0. The maximum atomic E-state index is 15.8. The van der Waals surface area contributed by atoms with Crippen molar-refractivity contribution in [3.05, 3.63) is 82.8 Å². The number of anilines is 1. The molecule has 5 rings (SSSR count). The van der Waals surface area contributed by atoms with Gasteiger partial charge in [0.15, 0.2) is 11.5 Å². The highest BCUT2D eigenvalue weighted by Gasteiger charge is 2.40. The van der Waals surface area contributed by atoms with Gasteiger partial charge in [0.05, 0.1) is 22.7 Å². The molecule has 0 bridgehead atoms. The number of aromatic hydroxyl groups is 1. The van der Waals surface area contributed by atoms with Crippen LogP contribution in [0.5, 0.6) is 5.75 Å². The summed E-state index contributed by atoms with van der Waals surface area (Å²) in [4.78, 5) is 42.1. The van der Waals surface area contributed by atoms with E-state index in [1.807, 2.05) is 0 Å². The van der Waals surface area contributed by atoms with E-state index in [0.29, 0.717) is 5.56 Å². The number of carbonyl (C=O) groups is 1. The van der Waals surface area contributed by atoms with E-state index in [1.165, 1.54) is 43.5 Å². The molecule has 1 saturated heterocycles. The van der Waals surface area contributed by atoms with Crippen molar-refractivity contribution in [2.75, 3.05) is 24.5 Å². The molecule has 224 valence electrons. The molecular weight excluding hydrogens is 568 g/mol. The highest BCUT2D eigenvalue weighted by atomic mass is 19.4. The first-order chi connectivity index (χ1) is 20.3. The molecule has 3 aromatic heterocycles. The van der Waals surface area contributed by atoms with Crippen molar-refractivity contribution < 1.29 is 27.5 Å².